The maximum absolute atomic E-state index is 14.7. The van der Waals surface area contributed by atoms with E-state index in [2.05, 4.69) is 5.10 Å². The van der Waals surface area contributed by atoms with E-state index < -0.39 is 53.4 Å². The minimum atomic E-state index is -6.16. The summed E-state index contributed by atoms with van der Waals surface area (Å²) in [6, 6.07) is 16.4. The van der Waals surface area contributed by atoms with Gasteiger partial charge in [0, 0.05) is 36.1 Å². The normalized spacial score (nSPS) is 16.7. The summed E-state index contributed by atoms with van der Waals surface area (Å²) in [5, 5.41) is 15.0. The van der Waals surface area contributed by atoms with Crippen molar-refractivity contribution in [3.63, 3.8) is 0 Å². The summed E-state index contributed by atoms with van der Waals surface area (Å²) in [5.74, 6) is -2.25. The average Bonchev–Trinajstić information content (AvgIpc) is 3.44. The van der Waals surface area contributed by atoms with E-state index in [1.165, 1.54) is 12.1 Å². The summed E-state index contributed by atoms with van der Waals surface area (Å²) >= 11 is 0. The van der Waals surface area contributed by atoms with Crippen LogP contribution in [0.3, 0.4) is 0 Å². The molecule has 1 atom stereocenters. The van der Waals surface area contributed by atoms with Crippen LogP contribution in [0.25, 0.3) is 22.2 Å². The highest BCUT2D eigenvalue weighted by Crippen LogP contribution is 2.49. The van der Waals surface area contributed by atoms with Crippen LogP contribution in [0.2, 0.25) is 0 Å². The monoisotopic (exact) mass is 553 g/mol. The Kier molecular flexibility index (Phi) is 6.21. The van der Waals surface area contributed by atoms with Gasteiger partial charge in [-0.2, -0.15) is 31.4 Å². The van der Waals surface area contributed by atoms with Crippen LogP contribution in [0.15, 0.2) is 77.9 Å². The molecule has 4 aromatic rings. The lowest BCUT2D eigenvalue weighted by Gasteiger charge is -2.32. The number of benzene rings is 3. The van der Waals surface area contributed by atoms with Gasteiger partial charge in [0.1, 0.15) is 5.82 Å². The third-order valence-corrected chi connectivity index (χ3v) is 6.85. The molecule has 12 heteroatoms. The van der Waals surface area contributed by atoms with Gasteiger partial charge in [-0.05, 0) is 35.4 Å². The molecule has 1 aliphatic rings. The Morgan fingerprint density at radius 3 is 2.08 bits per heavy atom. The number of aromatic nitrogens is 1. The van der Waals surface area contributed by atoms with E-state index in [-0.39, 0.29) is 5.56 Å². The van der Waals surface area contributed by atoms with Crippen LogP contribution in [-0.2, 0) is 7.05 Å². The van der Waals surface area contributed by atoms with Crippen LogP contribution < -0.4 is 5.01 Å². The number of hydrogen-bond donors (Lipinski definition) is 1. The number of hydrazone groups is 1. The van der Waals surface area contributed by atoms with Crippen molar-refractivity contribution in [3.8, 4) is 11.3 Å². The Morgan fingerprint density at radius 2 is 1.49 bits per heavy atom. The second-order valence-corrected chi connectivity index (χ2v) is 9.18. The Balaban J connectivity index is 1.58. The first-order chi connectivity index (χ1) is 18.2. The molecule has 0 saturated carbocycles. The third kappa shape index (κ3) is 4.32. The second kappa shape index (κ2) is 9.08. The van der Waals surface area contributed by atoms with E-state index in [1.54, 1.807) is 12.1 Å². The summed E-state index contributed by atoms with van der Waals surface area (Å²) in [7, 11) is 1.84. The van der Waals surface area contributed by atoms with Gasteiger partial charge in [0.15, 0.2) is 5.82 Å². The highest BCUT2D eigenvalue weighted by atomic mass is 19.4. The second-order valence-electron chi connectivity index (χ2n) is 9.18. The lowest BCUT2D eigenvalue weighted by atomic mass is 9.89. The van der Waals surface area contributed by atoms with Crippen molar-refractivity contribution in [2.75, 3.05) is 5.01 Å². The number of para-hydroxylation sites is 1. The number of aliphatic hydroxyl groups is 1. The molecule has 0 spiro atoms. The first kappa shape index (κ1) is 26.7. The zero-order valence-corrected chi connectivity index (χ0v) is 20.0. The first-order valence-electron chi connectivity index (χ1n) is 11.5. The Bertz CT molecular complexity index is 1560. The quantitative estimate of drug-likeness (QED) is 0.270. The van der Waals surface area contributed by atoms with Crippen molar-refractivity contribution in [2.24, 2.45) is 12.1 Å². The molecule has 0 amide bonds. The minimum absolute atomic E-state index is 0.201. The molecule has 204 valence electrons. The molecule has 4 nitrogen and oxygen atoms in total. The van der Waals surface area contributed by atoms with E-state index in [1.807, 2.05) is 41.9 Å². The highest BCUT2D eigenvalue weighted by molar-refractivity contribution is 5.97. The van der Waals surface area contributed by atoms with Crippen LogP contribution in [0.4, 0.5) is 40.8 Å². The molecule has 0 bridgehead atoms. The lowest BCUT2D eigenvalue weighted by Crippen LogP contribution is -2.62. The number of rotatable bonds is 4. The summed E-state index contributed by atoms with van der Waals surface area (Å²) in [6.45, 7) is 0. The number of halogens is 8. The fourth-order valence-corrected chi connectivity index (χ4v) is 4.81. The number of aryl methyl sites for hydroxylation is 1. The topological polar surface area (TPSA) is 40.8 Å². The molecule has 5 rings (SSSR count). The molecular formula is C27H19F8N3O. The molecule has 0 saturated heterocycles. The van der Waals surface area contributed by atoms with Crippen LogP contribution in [0, 0.1) is 11.6 Å². The number of nitrogens with zero attached hydrogens (tertiary/aromatic N) is 3. The Labute approximate surface area is 216 Å². The molecule has 1 aromatic heterocycles. The van der Waals surface area contributed by atoms with Crippen LogP contribution >= 0.6 is 0 Å². The fourth-order valence-electron chi connectivity index (χ4n) is 4.81. The Hall–Kier alpha value is -3.93. The highest BCUT2D eigenvalue weighted by Gasteiger charge is 2.74. The van der Waals surface area contributed by atoms with Gasteiger partial charge in [0.2, 0.25) is 0 Å². The van der Waals surface area contributed by atoms with Gasteiger partial charge in [0.05, 0.1) is 17.4 Å². The maximum atomic E-state index is 14.7. The van der Waals surface area contributed by atoms with E-state index in [0.717, 1.165) is 28.7 Å². The maximum Gasteiger partial charge on any atom is 0.431 e. The van der Waals surface area contributed by atoms with E-state index in [4.69, 9.17) is 0 Å². The SMILES string of the molecule is Cn1c(-c2ccc(C3CC(C(O)(C(F)(F)F)C(F)(F)F)=NN3c3ccc(F)cc3F)cc2)cc2ccccc21. The molecule has 0 radical (unpaired) electrons. The summed E-state index contributed by atoms with van der Waals surface area (Å²) in [4.78, 5) is 0. The van der Waals surface area contributed by atoms with Crippen molar-refractivity contribution >= 4 is 22.3 Å². The molecule has 39 heavy (non-hydrogen) atoms. The van der Waals surface area contributed by atoms with Crippen LogP contribution in [0.5, 0.6) is 0 Å². The van der Waals surface area contributed by atoms with Crippen molar-refractivity contribution in [1.82, 2.24) is 4.57 Å². The predicted molar refractivity (Wildman–Crippen MR) is 129 cm³/mol. The van der Waals surface area contributed by atoms with Gasteiger partial charge in [0.25, 0.3) is 5.60 Å². The minimum Gasteiger partial charge on any atom is -0.369 e. The van der Waals surface area contributed by atoms with Gasteiger partial charge in [-0.3, -0.25) is 5.01 Å². The standard InChI is InChI=1S/C27H19F8N3O/c1-37-20-5-3-2-4-17(20)12-22(37)15-6-8-16(9-7-15)23-14-24(25(39,26(30,31)32)27(33,34)35)36-38(23)21-11-10-18(28)13-19(21)29/h2-13,23,39H,14H2,1H3. The third-order valence-electron chi connectivity index (χ3n) is 6.85. The summed E-state index contributed by atoms with van der Waals surface area (Å²) in [5.41, 5.74) is -4.83. The molecular weight excluding hydrogens is 534 g/mol. The van der Waals surface area contributed by atoms with Crippen molar-refractivity contribution < 1.29 is 40.2 Å². The van der Waals surface area contributed by atoms with Crippen LogP contribution in [0.1, 0.15) is 18.0 Å². The van der Waals surface area contributed by atoms with E-state index in [0.29, 0.717) is 16.6 Å². The number of hydrogen-bond acceptors (Lipinski definition) is 3. The smallest absolute Gasteiger partial charge is 0.369 e. The summed E-state index contributed by atoms with van der Waals surface area (Å²) < 4.78 is 112. The Morgan fingerprint density at radius 1 is 0.846 bits per heavy atom. The average molecular weight is 553 g/mol. The molecule has 1 N–H and O–H groups in total. The van der Waals surface area contributed by atoms with Gasteiger partial charge in [-0.25, -0.2) is 8.78 Å². The fraction of sp³-hybridized carbons (Fsp3) is 0.222. The van der Waals surface area contributed by atoms with Gasteiger partial charge in [-0.15, -0.1) is 0 Å². The van der Waals surface area contributed by atoms with E-state index >= 15 is 0 Å². The number of alkyl halides is 6. The molecule has 1 aliphatic heterocycles. The number of fused-ring (bicyclic) bond motifs is 1. The van der Waals surface area contributed by atoms with Gasteiger partial charge in [-0.1, -0.05) is 42.5 Å². The molecule has 1 unspecified atom stereocenters. The molecule has 2 heterocycles. The van der Waals surface area contributed by atoms with Crippen molar-refractivity contribution in [2.45, 2.75) is 30.4 Å². The first-order valence-corrected chi connectivity index (χ1v) is 11.5. The van der Waals surface area contributed by atoms with Crippen LogP contribution in [-0.4, -0.2) is 33.3 Å². The predicted octanol–water partition coefficient (Wildman–Crippen LogP) is 7.29. The zero-order chi connectivity index (χ0) is 28.3. The lowest BCUT2D eigenvalue weighted by molar-refractivity contribution is -0.338. The zero-order valence-electron chi connectivity index (χ0n) is 20.0. The van der Waals surface area contributed by atoms with E-state index in [9.17, 15) is 40.2 Å². The van der Waals surface area contributed by atoms with Gasteiger partial charge >= 0.3 is 12.4 Å². The largest absolute Gasteiger partial charge is 0.431 e. The van der Waals surface area contributed by atoms with Crippen molar-refractivity contribution in [3.05, 3.63) is 90.0 Å². The summed E-state index contributed by atoms with van der Waals surface area (Å²) in [6.07, 6.45) is -13.4. The molecule has 0 aliphatic carbocycles. The van der Waals surface area contributed by atoms with Crippen molar-refractivity contribution in [1.29, 1.82) is 0 Å². The van der Waals surface area contributed by atoms with Gasteiger partial charge < -0.3 is 9.67 Å². The number of anilines is 1. The molecule has 0 fully saturated rings. The molecule has 3 aromatic carbocycles.